The van der Waals surface area contributed by atoms with Crippen LogP contribution in [-0.2, 0) is 6.42 Å². The number of aromatic amines is 1. The van der Waals surface area contributed by atoms with Gasteiger partial charge in [0.15, 0.2) is 5.16 Å². The van der Waals surface area contributed by atoms with Crippen LogP contribution in [0.3, 0.4) is 0 Å². The van der Waals surface area contributed by atoms with Gasteiger partial charge in [-0.25, -0.2) is 9.97 Å². The number of hydrogen-bond acceptors (Lipinski definition) is 4. The molecule has 0 bridgehead atoms. The predicted molar refractivity (Wildman–Crippen MR) is 86.4 cm³/mol. The first kappa shape index (κ1) is 14.1. The number of nitrogens with zero attached hydrogens (tertiary/aromatic N) is 2. The van der Waals surface area contributed by atoms with E-state index in [0.29, 0.717) is 0 Å². The number of hydrogen-bond donors (Lipinski definition) is 2. The summed E-state index contributed by atoms with van der Waals surface area (Å²) in [5, 5.41) is 2.98. The highest BCUT2D eigenvalue weighted by molar-refractivity contribution is 7.99. The van der Waals surface area contributed by atoms with Crippen molar-refractivity contribution in [2.24, 2.45) is 5.73 Å². The van der Waals surface area contributed by atoms with Crippen LogP contribution in [0.25, 0.3) is 10.9 Å². The van der Waals surface area contributed by atoms with E-state index in [1.165, 1.54) is 5.56 Å². The van der Waals surface area contributed by atoms with Gasteiger partial charge in [0, 0.05) is 23.8 Å². The maximum atomic E-state index is 6.13. The SMILES string of the molecule is CCC(N)Cc1cc2ccccc2nc1Sc1ncc[nH]1. The first-order valence-electron chi connectivity index (χ1n) is 7.07. The molecule has 0 fully saturated rings. The van der Waals surface area contributed by atoms with Crippen molar-refractivity contribution in [3.05, 3.63) is 48.3 Å². The zero-order chi connectivity index (χ0) is 14.7. The molecule has 1 aromatic carbocycles. The molecule has 0 saturated carbocycles. The Morgan fingerprint density at radius 3 is 2.95 bits per heavy atom. The zero-order valence-electron chi connectivity index (χ0n) is 11.9. The van der Waals surface area contributed by atoms with E-state index in [4.69, 9.17) is 10.7 Å². The van der Waals surface area contributed by atoms with Crippen LogP contribution in [0.4, 0.5) is 0 Å². The van der Waals surface area contributed by atoms with Crippen molar-refractivity contribution in [1.29, 1.82) is 0 Å². The number of H-pyrrole nitrogens is 1. The molecule has 0 amide bonds. The third-order valence-corrected chi connectivity index (χ3v) is 4.40. The van der Waals surface area contributed by atoms with E-state index in [-0.39, 0.29) is 6.04 Å². The van der Waals surface area contributed by atoms with Gasteiger partial charge in [-0.1, -0.05) is 25.1 Å². The second-order valence-electron chi connectivity index (χ2n) is 5.01. The molecule has 3 N–H and O–H groups in total. The van der Waals surface area contributed by atoms with Gasteiger partial charge in [0.25, 0.3) is 0 Å². The molecule has 2 heterocycles. The molecule has 0 saturated heterocycles. The standard InChI is InChI=1S/C16H18N4S/c1-2-13(17)10-12-9-11-5-3-4-6-14(11)20-15(12)21-16-18-7-8-19-16/h3-9,13H,2,10,17H2,1H3,(H,18,19). The van der Waals surface area contributed by atoms with Gasteiger partial charge >= 0.3 is 0 Å². The van der Waals surface area contributed by atoms with Gasteiger partial charge in [-0.15, -0.1) is 0 Å². The molecule has 3 aromatic rings. The quantitative estimate of drug-likeness (QED) is 0.757. The molecule has 108 valence electrons. The molecular formula is C16H18N4S. The van der Waals surface area contributed by atoms with Gasteiger partial charge < -0.3 is 10.7 Å². The van der Waals surface area contributed by atoms with Crippen molar-refractivity contribution in [3.63, 3.8) is 0 Å². The maximum absolute atomic E-state index is 6.13. The monoisotopic (exact) mass is 298 g/mol. The number of para-hydroxylation sites is 1. The number of rotatable bonds is 5. The molecular weight excluding hydrogens is 280 g/mol. The van der Waals surface area contributed by atoms with E-state index in [2.05, 4.69) is 29.0 Å². The van der Waals surface area contributed by atoms with E-state index in [1.54, 1.807) is 18.0 Å². The number of nitrogens with two attached hydrogens (primary N) is 1. The summed E-state index contributed by atoms with van der Waals surface area (Å²) >= 11 is 1.55. The summed E-state index contributed by atoms with van der Waals surface area (Å²) in [6.07, 6.45) is 5.36. The van der Waals surface area contributed by atoms with Crippen molar-refractivity contribution in [1.82, 2.24) is 15.0 Å². The molecule has 4 nitrogen and oxygen atoms in total. The van der Waals surface area contributed by atoms with Gasteiger partial charge in [-0.05, 0) is 42.3 Å². The lowest BCUT2D eigenvalue weighted by atomic mass is 10.0. The maximum Gasteiger partial charge on any atom is 0.171 e. The van der Waals surface area contributed by atoms with Gasteiger partial charge in [-0.2, -0.15) is 0 Å². The van der Waals surface area contributed by atoms with Gasteiger partial charge in [-0.3, -0.25) is 0 Å². The lowest BCUT2D eigenvalue weighted by Crippen LogP contribution is -2.21. The van der Waals surface area contributed by atoms with E-state index in [9.17, 15) is 0 Å². The minimum absolute atomic E-state index is 0.156. The topological polar surface area (TPSA) is 67.6 Å². The van der Waals surface area contributed by atoms with Crippen LogP contribution in [0.2, 0.25) is 0 Å². The molecule has 1 atom stereocenters. The Morgan fingerprint density at radius 1 is 1.33 bits per heavy atom. The first-order chi connectivity index (χ1) is 10.3. The molecule has 0 spiro atoms. The van der Waals surface area contributed by atoms with Crippen molar-refractivity contribution in [3.8, 4) is 0 Å². The summed E-state index contributed by atoms with van der Waals surface area (Å²) in [4.78, 5) is 12.2. The second-order valence-corrected chi connectivity index (χ2v) is 5.99. The van der Waals surface area contributed by atoms with Crippen LogP contribution < -0.4 is 5.73 Å². The van der Waals surface area contributed by atoms with Gasteiger partial charge in [0.05, 0.1) is 5.52 Å². The molecule has 0 aliphatic heterocycles. The fourth-order valence-corrected chi connectivity index (χ4v) is 3.04. The highest BCUT2D eigenvalue weighted by Crippen LogP contribution is 2.29. The third-order valence-electron chi connectivity index (χ3n) is 3.44. The summed E-state index contributed by atoms with van der Waals surface area (Å²) in [6.45, 7) is 2.11. The van der Waals surface area contributed by atoms with Crippen molar-refractivity contribution in [2.45, 2.75) is 36.0 Å². The van der Waals surface area contributed by atoms with E-state index >= 15 is 0 Å². The predicted octanol–water partition coefficient (Wildman–Crippen LogP) is 3.39. The summed E-state index contributed by atoms with van der Waals surface area (Å²) < 4.78 is 0. The van der Waals surface area contributed by atoms with Crippen molar-refractivity contribution in [2.75, 3.05) is 0 Å². The summed E-state index contributed by atoms with van der Waals surface area (Å²) in [5.41, 5.74) is 8.32. The van der Waals surface area contributed by atoms with E-state index < -0.39 is 0 Å². The van der Waals surface area contributed by atoms with Crippen LogP contribution >= 0.6 is 11.8 Å². The Labute approximate surface area is 128 Å². The number of fused-ring (bicyclic) bond motifs is 1. The fourth-order valence-electron chi connectivity index (χ4n) is 2.20. The fraction of sp³-hybridized carbons (Fsp3) is 0.250. The normalized spacial score (nSPS) is 12.7. The van der Waals surface area contributed by atoms with E-state index in [1.807, 2.05) is 24.4 Å². The van der Waals surface area contributed by atoms with E-state index in [0.717, 1.165) is 33.9 Å². The highest BCUT2D eigenvalue weighted by Gasteiger charge is 2.12. The number of imidazole rings is 1. The Bertz CT molecular complexity index is 724. The van der Waals surface area contributed by atoms with Crippen LogP contribution in [0.1, 0.15) is 18.9 Å². The Hall–Kier alpha value is -1.85. The van der Waals surface area contributed by atoms with Gasteiger partial charge in [0.2, 0.25) is 0 Å². The smallest absolute Gasteiger partial charge is 0.171 e. The van der Waals surface area contributed by atoms with Crippen LogP contribution in [0.5, 0.6) is 0 Å². The molecule has 21 heavy (non-hydrogen) atoms. The largest absolute Gasteiger partial charge is 0.339 e. The minimum atomic E-state index is 0.156. The number of aromatic nitrogens is 3. The van der Waals surface area contributed by atoms with Crippen LogP contribution in [0, 0.1) is 0 Å². The molecule has 0 aliphatic rings. The first-order valence-corrected chi connectivity index (χ1v) is 7.89. The lowest BCUT2D eigenvalue weighted by Gasteiger charge is -2.13. The Kier molecular flexibility index (Phi) is 4.22. The zero-order valence-corrected chi connectivity index (χ0v) is 12.7. The number of nitrogens with one attached hydrogen (secondary N) is 1. The molecule has 0 aliphatic carbocycles. The average Bonchev–Trinajstić information content (AvgIpc) is 3.00. The molecule has 3 rings (SSSR count). The molecule has 0 radical (unpaired) electrons. The molecule has 5 heteroatoms. The van der Waals surface area contributed by atoms with Crippen molar-refractivity contribution < 1.29 is 0 Å². The molecule has 2 aromatic heterocycles. The number of pyridine rings is 1. The third kappa shape index (κ3) is 3.25. The number of benzene rings is 1. The summed E-state index contributed by atoms with van der Waals surface area (Å²) in [6, 6.07) is 10.5. The van der Waals surface area contributed by atoms with Crippen molar-refractivity contribution >= 4 is 22.7 Å². The summed E-state index contributed by atoms with van der Waals surface area (Å²) in [7, 11) is 0. The Balaban J connectivity index is 2.03. The molecule has 1 unspecified atom stereocenters. The van der Waals surface area contributed by atoms with Crippen LogP contribution in [0.15, 0.2) is 52.9 Å². The summed E-state index contributed by atoms with van der Waals surface area (Å²) in [5.74, 6) is 0. The highest BCUT2D eigenvalue weighted by atomic mass is 32.2. The average molecular weight is 298 g/mol. The lowest BCUT2D eigenvalue weighted by molar-refractivity contribution is 0.638. The van der Waals surface area contributed by atoms with Crippen LogP contribution in [-0.4, -0.2) is 21.0 Å². The Morgan fingerprint density at radius 2 is 2.19 bits per heavy atom. The van der Waals surface area contributed by atoms with Gasteiger partial charge in [0.1, 0.15) is 5.03 Å². The second kappa shape index (κ2) is 6.28. The minimum Gasteiger partial charge on any atom is -0.339 e.